The van der Waals surface area contributed by atoms with Gasteiger partial charge >= 0.3 is 0 Å². The predicted molar refractivity (Wildman–Crippen MR) is 87.8 cm³/mol. The molecule has 0 heterocycles. The van der Waals surface area contributed by atoms with Gasteiger partial charge in [0.15, 0.2) is 0 Å². The lowest BCUT2D eigenvalue weighted by Crippen LogP contribution is -2.07. The Bertz CT molecular complexity index is 610. The molecule has 2 aromatic carbocycles. The number of nitro benzene ring substituents is 1. The molecular formula is C16H21N3O2. The van der Waals surface area contributed by atoms with E-state index >= 15 is 0 Å². The Morgan fingerprint density at radius 1 is 1.05 bits per heavy atom. The van der Waals surface area contributed by atoms with Gasteiger partial charge < -0.3 is 10.6 Å². The predicted octanol–water partition coefficient (Wildman–Crippen LogP) is 3.55. The maximum Gasteiger partial charge on any atom is 0.292 e. The molecule has 2 N–H and O–H groups in total. The zero-order valence-electron chi connectivity index (χ0n) is 12.8. The van der Waals surface area contributed by atoms with E-state index in [9.17, 15) is 10.1 Å². The van der Waals surface area contributed by atoms with Crippen molar-refractivity contribution in [2.75, 3.05) is 24.7 Å². The molecule has 5 nitrogen and oxygen atoms in total. The molecule has 112 valence electrons. The minimum atomic E-state index is -0.470. The Hall–Kier alpha value is -2.56. The van der Waals surface area contributed by atoms with Gasteiger partial charge in [0.2, 0.25) is 0 Å². The molecule has 2 rings (SSSR count). The minimum absolute atomic E-state index is 0.0156. The van der Waals surface area contributed by atoms with Crippen LogP contribution < -0.4 is 10.6 Å². The van der Waals surface area contributed by atoms with E-state index in [1.807, 2.05) is 46.1 Å². The van der Waals surface area contributed by atoms with Crippen LogP contribution in [0.5, 0.6) is 0 Å². The first-order valence-corrected chi connectivity index (χ1v) is 6.56. The lowest BCUT2D eigenvalue weighted by atomic mass is 10.1. The maximum atomic E-state index is 10.4. The second kappa shape index (κ2) is 7.28. The topological polar surface area (TPSA) is 72.4 Å². The molecule has 5 heteroatoms. The summed E-state index contributed by atoms with van der Waals surface area (Å²) in [6.07, 6.45) is 0. The highest BCUT2D eigenvalue weighted by molar-refractivity contribution is 5.61. The number of nitrogens with two attached hydrogens (primary N) is 1. The van der Waals surface area contributed by atoms with Crippen LogP contribution in [-0.4, -0.2) is 19.0 Å². The van der Waals surface area contributed by atoms with Crippen molar-refractivity contribution in [2.45, 2.75) is 13.8 Å². The molecule has 0 unspecified atom stereocenters. The second-order valence-electron chi connectivity index (χ2n) is 4.98. The van der Waals surface area contributed by atoms with Gasteiger partial charge in [-0.05, 0) is 43.2 Å². The number of nitrogens with zero attached hydrogens (tertiary/aromatic N) is 2. The van der Waals surface area contributed by atoms with E-state index in [0.29, 0.717) is 0 Å². The van der Waals surface area contributed by atoms with E-state index in [1.54, 1.807) is 6.07 Å². The zero-order valence-corrected chi connectivity index (χ0v) is 12.8. The highest BCUT2D eigenvalue weighted by atomic mass is 16.6. The van der Waals surface area contributed by atoms with Crippen molar-refractivity contribution in [2.24, 2.45) is 0 Å². The molecule has 0 atom stereocenters. The van der Waals surface area contributed by atoms with Gasteiger partial charge in [0, 0.05) is 25.8 Å². The molecule has 0 amide bonds. The third kappa shape index (κ3) is 4.80. The average Bonchev–Trinajstić information content (AvgIpc) is 2.44. The Balaban J connectivity index is 0.000000219. The van der Waals surface area contributed by atoms with Crippen LogP contribution in [0.25, 0.3) is 0 Å². The number of nitrogen functional groups attached to an aromatic ring is 1. The Labute approximate surface area is 125 Å². The van der Waals surface area contributed by atoms with E-state index in [-0.39, 0.29) is 11.4 Å². The van der Waals surface area contributed by atoms with Crippen LogP contribution in [0.15, 0.2) is 42.5 Å². The molecule has 0 bridgehead atoms. The number of aryl methyl sites for hydroxylation is 2. The first-order valence-electron chi connectivity index (χ1n) is 6.56. The standard InChI is InChI=1S/C8H10N2O2.C8H11N/c1-5-3-7(9)8(10(11)12)4-6(5)2;1-9(2)8-6-4-3-5-7-8/h3-4H,9H2,1-2H3;3-7H,1-2H3. The Morgan fingerprint density at radius 3 is 2.00 bits per heavy atom. The lowest BCUT2D eigenvalue weighted by molar-refractivity contribution is -0.383. The van der Waals surface area contributed by atoms with E-state index in [4.69, 9.17) is 5.73 Å². The van der Waals surface area contributed by atoms with E-state index in [0.717, 1.165) is 11.1 Å². The first kappa shape index (κ1) is 16.5. The van der Waals surface area contributed by atoms with Crippen LogP contribution in [0.4, 0.5) is 17.1 Å². The van der Waals surface area contributed by atoms with Crippen LogP contribution in [0.2, 0.25) is 0 Å². The number of rotatable bonds is 2. The van der Waals surface area contributed by atoms with Gasteiger partial charge in [0.25, 0.3) is 5.69 Å². The quantitative estimate of drug-likeness (QED) is 0.521. The fourth-order valence-electron chi connectivity index (χ4n) is 1.71. The average molecular weight is 287 g/mol. The van der Waals surface area contributed by atoms with Crippen LogP contribution >= 0.6 is 0 Å². The number of hydrogen-bond donors (Lipinski definition) is 1. The molecule has 21 heavy (non-hydrogen) atoms. The molecule has 2 aromatic rings. The van der Waals surface area contributed by atoms with Gasteiger partial charge in [0.1, 0.15) is 5.69 Å². The summed E-state index contributed by atoms with van der Waals surface area (Å²) in [5.74, 6) is 0. The van der Waals surface area contributed by atoms with Crippen molar-refractivity contribution in [1.29, 1.82) is 0 Å². The van der Waals surface area contributed by atoms with Gasteiger partial charge in [-0.25, -0.2) is 0 Å². The molecule has 0 aliphatic rings. The molecule has 0 saturated heterocycles. The summed E-state index contributed by atoms with van der Waals surface area (Å²) in [5.41, 5.74) is 8.76. The van der Waals surface area contributed by atoms with Gasteiger partial charge in [-0.15, -0.1) is 0 Å². The molecule has 0 aliphatic heterocycles. The van der Waals surface area contributed by atoms with Crippen LogP contribution in [-0.2, 0) is 0 Å². The van der Waals surface area contributed by atoms with E-state index < -0.39 is 4.92 Å². The minimum Gasteiger partial charge on any atom is -0.393 e. The zero-order chi connectivity index (χ0) is 16.0. The summed E-state index contributed by atoms with van der Waals surface area (Å²) >= 11 is 0. The smallest absolute Gasteiger partial charge is 0.292 e. The summed E-state index contributed by atoms with van der Waals surface area (Å²) in [7, 11) is 4.07. The van der Waals surface area contributed by atoms with Gasteiger partial charge in [0.05, 0.1) is 4.92 Å². The van der Waals surface area contributed by atoms with Crippen LogP contribution in [0, 0.1) is 24.0 Å². The molecule has 0 aliphatic carbocycles. The third-order valence-electron chi connectivity index (χ3n) is 3.11. The van der Waals surface area contributed by atoms with Crippen molar-refractivity contribution >= 4 is 17.1 Å². The monoisotopic (exact) mass is 287 g/mol. The normalized spacial score (nSPS) is 9.52. The largest absolute Gasteiger partial charge is 0.393 e. The van der Waals surface area contributed by atoms with Crippen LogP contribution in [0.3, 0.4) is 0 Å². The third-order valence-corrected chi connectivity index (χ3v) is 3.11. The van der Waals surface area contributed by atoms with Gasteiger partial charge in [-0.1, -0.05) is 18.2 Å². The molecular weight excluding hydrogens is 266 g/mol. The summed E-state index contributed by atoms with van der Waals surface area (Å²) in [6.45, 7) is 3.69. The SMILES string of the molecule is CN(C)c1ccccc1.Cc1cc(N)c([N+](=O)[O-])cc1C. The van der Waals surface area contributed by atoms with Crippen LogP contribution in [0.1, 0.15) is 11.1 Å². The molecule has 0 spiro atoms. The summed E-state index contributed by atoms with van der Waals surface area (Å²) in [6, 6.07) is 13.4. The summed E-state index contributed by atoms with van der Waals surface area (Å²) < 4.78 is 0. The van der Waals surface area contributed by atoms with E-state index in [1.165, 1.54) is 11.8 Å². The van der Waals surface area contributed by atoms with Crippen molar-refractivity contribution in [3.8, 4) is 0 Å². The Morgan fingerprint density at radius 2 is 1.57 bits per heavy atom. The van der Waals surface area contributed by atoms with Crippen molar-refractivity contribution in [3.05, 3.63) is 63.7 Å². The second-order valence-corrected chi connectivity index (χ2v) is 4.98. The summed E-state index contributed by atoms with van der Waals surface area (Å²) in [5, 5.41) is 10.4. The van der Waals surface area contributed by atoms with E-state index in [2.05, 4.69) is 17.0 Å². The number of para-hydroxylation sites is 1. The van der Waals surface area contributed by atoms with Crippen molar-refractivity contribution in [1.82, 2.24) is 0 Å². The lowest BCUT2D eigenvalue weighted by Gasteiger charge is -2.10. The number of anilines is 2. The van der Waals surface area contributed by atoms with Crippen molar-refractivity contribution in [3.63, 3.8) is 0 Å². The first-order chi connectivity index (χ1) is 9.82. The fraction of sp³-hybridized carbons (Fsp3) is 0.250. The number of hydrogen-bond acceptors (Lipinski definition) is 4. The Kier molecular flexibility index (Phi) is 5.72. The highest BCUT2D eigenvalue weighted by Gasteiger charge is 2.11. The highest BCUT2D eigenvalue weighted by Crippen LogP contribution is 2.24. The molecule has 0 fully saturated rings. The molecule has 0 aromatic heterocycles. The maximum absolute atomic E-state index is 10.4. The summed E-state index contributed by atoms with van der Waals surface area (Å²) in [4.78, 5) is 12.0. The van der Waals surface area contributed by atoms with Crippen molar-refractivity contribution < 1.29 is 4.92 Å². The molecule has 0 saturated carbocycles. The van der Waals surface area contributed by atoms with Gasteiger partial charge in [-0.2, -0.15) is 0 Å². The van der Waals surface area contributed by atoms with Gasteiger partial charge in [-0.3, -0.25) is 10.1 Å². The fourth-order valence-corrected chi connectivity index (χ4v) is 1.71. The number of nitro groups is 1. The number of benzene rings is 2. The molecule has 0 radical (unpaired) electrons.